The van der Waals surface area contributed by atoms with Crippen molar-refractivity contribution in [1.29, 1.82) is 0 Å². The summed E-state index contributed by atoms with van der Waals surface area (Å²) < 4.78 is 0. The van der Waals surface area contributed by atoms with Crippen LogP contribution < -0.4 is 10.2 Å². The van der Waals surface area contributed by atoms with Crippen molar-refractivity contribution in [3.05, 3.63) is 17.3 Å². The highest BCUT2D eigenvalue weighted by Gasteiger charge is 2.14. The molecule has 15 heavy (non-hydrogen) atoms. The van der Waals surface area contributed by atoms with Crippen LogP contribution in [0.1, 0.15) is 6.42 Å². The highest BCUT2D eigenvalue weighted by molar-refractivity contribution is 6.29. The normalized spacial score (nSPS) is 17.1. The molecule has 0 aromatic carbocycles. The van der Waals surface area contributed by atoms with Crippen LogP contribution in [0.3, 0.4) is 0 Å². The third-order valence-corrected chi connectivity index (χ3v) is 2.46. The predicted octanol–water partition coefficient (Wildman–Crippen LogP) is 0.456. The lowest BCUT2D eigenvalue weighted by atomic mass is 10.3. The molecule has 0 bridgehead atoms. The largest absolute Gasteiger partial charge is 0.354 e. The summed E-state index contributed by atoms with van der Waals surface area (Å²) in [7, 11) is 0. The summed E-state index contributed by atoms with van der Waals surface area (Å²) in [5.41, 5.74) is 0. The van der Waals surface area contributed by atoms with E-state index in [1.54, 1.807) is 6.07 Å². The van der Waals surface area contributed by atoms with Gasteiger partial charge in [-0.3, -0.25) is 4.79 Å². The van der Waals surface area contributed by atoms with Crippen LogP contribution >= 0.6 is 11.6 Å². The van der Waals surface area contributed by atoms with Crippen LogP contribution in [0.2, 0.25) is 5.15 Å². The number of nitrogens with zero attached hydrogens (tertiary/aromatic N) is 3. The number of hydrogen-bond acceptors (Lipinski definition) is 4. The van der Waals surface area contributed by atoms with Gasteiger partial charge in [0.2, 0.25) is 5.91 Å². The van der Waals surface area contributed by atoms with Crippen LogP contribution in [-0.2, 0) is 4.79 Å². The Morgan fingerprint density at radius 2 is 2.20 bits per heavy atom. The third-order valence-electron chi connectivity index (χ3n) is 2.25. The molecule has 0 spiro atoms. The smallest absolute Gasteiger partial charge is 0.221 e. The highest BCUT2D eigenvalue weighted by atomic mass is 35.5. The van der Waals surface area contributed by atoms with E-state index < -0.39 is 0 Å². The molecule has 1 saturated heterocycles. The molecule has 0 saturated carbocycles. The molecule has 1 aromatic heterocycles. The second-order valence-corrected chi connectivity index (χ2v) is 3.69. The van der Waals surface area contributed by atoms with Crippen molar-refractivity contribution < 1.29 is 4.79 Å². The first-order valence-corrected chi connectivity index (χ1v) is 5.14. The molecule has 2 rings (SSSR count). The monoisotopic (exact) mass is 226 g/mol. The molecule has 2 heterocycles. The fourth-order valence-electron chi connectivity index (χ4n) is 1.47. The molecule has 1 amide bonds. The Kier molecular flexibility index (Phi) is 3.01. The molecule has 5 nitrogen and oxygen atoms in total. The summed E-state index contributed by atoms with van der Waals surface area (Å²) in [5, 5.41) is 10.9. The van der Waals surface area contributed by atoms with Crippen molar-refractivity contribution in [3.8, 4) is 0 Å². The van der Waals surface area contributed by atoms with Gasteiger partial charge in [-0.2, -0.15) is 0 Å². The van der Waals surface area contributed by atoms with Gasteiger partial charge in [0.1, 0.15) is 0 Å². The Morgan fingerprint density at radius 3 is 2.93 bits per heavy atom. The van der Waals surface area contributed by atoms with Gasteiger partial charge in [0, 0.05) is 26.1 Å². The molecule has 1 N–H and O–H groups in total. The second-order valence-electron chi connectivity index (χ2n) is 3.30. The molecule has 1 aromatic rings. The lowest BCUT2D eigenvalue weighted by Crippen LogP contribution is -2.29. The molecule has 1 aliphatic rings. The Morgan fingerprint density at radius 1 is 1.33 bits per heavy atom. The van der Waals surface area contributed by atoms with Crippen molar-refractivity contribution in [2.45, 2.75) is 6.42 Å². The van der Waals surface area contributed by atoms with Crippen LogP contribution in [0, 0.1) is 0 Å². The lowest BCUT2D eigenvalue weighted by molar-refractivity contribution is -0.120. The van der Waals surface area contributed by atoms with E-state index in [4.69, 9.17) is 11.6 Å². The molecule has 0 radical (unpaired) electrons. The molecule has 80 valence electrons. The van der Waals surface area contributed by atoms with Crippen LogP contribution in [0.4, 0.5) is 5.82 Å². The van der Waals surface area contributed by atoms with Gasteiger partial charge in [-0.25, -0.2) is 0 Å². The van der Waals surface area contributed by atoms with Crippen LogP contribution in [0.5, 0.6) is 0 Å². The summed E-state index contributed by atoms with van der Waals surface area (Å²) in [4.78, 5) is 13.1. The summed E-state index contributed by atoms with van der Waals surface area (Å²) in [6.45, 7) is 2.06. The maximum Gasteiger partial charge on any atom is 0.221 e. The summed E-state index contributed by atoms with van der Waals surface area (Å²) in [5.74, 6) is 0.843. The molecule has 0 unspecified atom stereocenters. The third kappa shape index (κ3) is 2.56. The fraction of sp³-hybridized carbons (Fsp3) is 0.444. The van der Waals surface area contributed by atoms with E-state index in [-0.39, 0.29) is 5.91 Å². The van der Waals surface area contributed by atoms with Gasteiger partial charge in [0.05, 0.1) is 0 Å². The maximum atomic E-state index is 11.1. The van der Waals surface area contributed by atoms with E-state index in [0.29, 0.717) is 24.7 Å². The standard InChI is InChI=1S/C9H11ClN4O/c10-7-1-2-8(13-12-7)14-5-3-9(15)11-4-6-14/h1-2H,3-6H2,(H,11,15). The van der Waals surface area contributed by atoms with E-state index >= 15 is 0 Å². The summed E-state index contributed by atoms with van der Waals surface area (Å²) >= 11 is 5.65. The van der Waals surface area contributed by atoms with Crippen LogP contribution in [-0.4, -0.2) is 35.7 Å². The van der Waals surface area contributed by atoms with E-state index in [9.17, 15) is 4.79 Å². The van der Waals surface area contributed by atoms with Gasteiger partial charge in [-0.05, 0) is 12.1 Å². The first-order valence-electron chi connectivity index (χ1n) is 4.76. The number of aromatic nitrogens is 2. The van der Waals surface area contributed by atoms with E-state index in [0.717, 1.165) is 12.4 Å². The van der Waals surface area contributed by atoms with Gasteiger partial charge in [-0.1, -0.05) is 11.6 Å². The number of hydrogen-bond donors (Lipinski definition) is 1. The number of nitrogens with one attached hydrogen (secondary N) is 1. The van der Waals surface area contributed by atoms with Gasteiger partial charge in [0.15, 0.2) is 11.0 Å². The summed E-state index contributed by atoms with van der Waals surface area (Å²) in [6.07, 6.45) is 0.490. The Balaban J connectivity index is 2.09. The Bertz CT molecular complexity index is 354. The molecule has 1 fully saturated rings. The average Bonchev–Trinajstić information content (AvgIpc) is 2.44. The van der Waals surface area contributed by atoms with Gasteiger partial charge in [0.25, 0.3) is 0 Å². The number of halogens is 1. The van der Waals surface area contributed by atoms with E-state index in [1.165, 1.54) is 0 Å². The SMILES string of the molecule is O=C1CCN(c2ccc(Cl)nn2)CCN1. The van der Waals surface area contributed by atoms with Crippen molar-refractivity contribution >= 4 is 23.3 Å². The molecule has 0 aliphatic carbocycles. The topological polar surface area (TPSA) is 58.1 Å². The minimum absolute atomic E-state index is 0.0828. The molecule has 0 atom stereocenters. The van der Waals surface area contributed by atoms with Gasteiger partial charge < -0.3 is 10.2 Å². The second kappa shape index (κ2) is 4.44. The van der Waals surface area contributed by atoms with Crippen LogP contribution in [0.15, 0.2) is 12.1 Å². The molecule has 6 heteroatoms. The quantitative estimate of drug-likeness (QED) is 0.756. The fourth-order valence-corrected chi connectivity index (χ4v) is 1.57. The van der Waals surface area contributed by atoms with E-state index in [1.807, 2.05) is 11.0 Å². The van der Waals surface area contributed by atoms with Crippen LogP contribution in [0.25, 0.3) is 0 Å². The number of anilines is 1. The minimum atomic E-state index is 0.0828. The number of amides is 1. The van der Waals surface area contributed by atoms with Gasteiger partial charge >= 0.3 is 0 Å². The van der Waals surface area contributed by atoms with Crippen molar-refractivity contribution in [2.24, 2.45) is 0 Å². The number of carbonyl (C=O) groups is 1. The Hall–Kier alpha value is -1.36. The Labute approximate surface area is 92.4 Å². The van der Waals surface area contributed by atoms with E-state index in [2.05, 4.69) is 15.5 Å². The van der Waals surface area contributed by atoms with Gasteiger partial charge in [-0.15, -0.1) is 10.2 Å². The summed E-state index contributed by atoms with van der Waals surface area (Å²) in [6, 6.07) is 3.51. The maximum absolute atomic E-state index is 11.1. The molecular weight excluding hydrogens is 216 g/mol. The average molecular weight is 227 g/mol. The highest BCUT2D eigenvalue weighted by Crippen LogP contribution is 2.12. The predicted molar refractivity (Wildman–Crippen MR) is 56.9 cm³/mol. The zero-order chi connectivity index (χ0) is 10.7. The number of carbonyl (C=O) groups excluding carboxylic acids is 1. The lowest BCUT2D eigenvalue weighted by Gasteiger charge is -2.19. The molecular formula is C9H11ClN4O. The first-order chi connectivity index (χ1) is 7.25. The molecule has 1 aliphatic heterocycles. The minimum Gasteiger partial charge on any atom is -0.354 e. The van der Waals surface area contributed by atoms with Crippen molar-refractivity contribution in [2.75, 3.05) is 24.5 Å². The zero-order valence-electron chi connectivity index (χ0n) is 8.11. The van der Waals surface area contributed by atoms with Crippen molar-refractivity contribution in [3.63, 3.8) is 0 Å². The number of rotatable bonds is 1. The zero-order valence-corrected chi connectivity index (χ0v) is 8.87. The van der Waals surface area contributed by atoms with Crippen molar-refractivity contribution in [1.82, 2.24) is 15.5 Å². The first kappa shape index (κ1) is 10.2.